The van der Waals surface area contributed by atoms with Crippen LogP contribution in [0, 0.1) is 0 Å². The van der Waals surface area contributed by atoms with Crippen molar-refractivity contribution in [3.8, 4) is 0 Å². The fourth-order valence-corrected chi connectivity index (χ4v) is 3.72. The summed E-state index contributed by atoms with van der Waals surface area (Å²) in [5, 5.41) is 0.728. The average Bonchev–Trinajstić information content (AvgIpc) is 2.78. The van der Waals surface area contributed by atoms with Crippen LogP contribution in [0.5, 0.6) is 0 Å². The lowest BCUT2D eigenvalue weighted by molar-refractivity contribution is 0.0685. The Labute approximate surface area is 128 Å². The molecule has 2 N–H and O–H groups in total. The average molecular weight is 348 g/mol. The van der Waals surface area contributed by atoms with Gasteiger partial charge in [0, 0.05) is 34.7 Å². The Bertz CT molecular complexity index is 443. The molecule has 1 aliphatic rings. The van der Waals surface area contributed by atoms with Crippen LogP contribution >= 0.6 is 27.5 Å². The Morgan fingerprint density at radius 2 is 2.32 bits per heavy atom. The third kappa shape index (κ3) is 3.31. The van der Waals surface area contributed by atoms with Crippen molar-refractivity contribution < 1.29 is 4.74 Å². The predicted octanol–water partition coefficient (Wildman–Crippen LogP) is 3.21. The van der Waals surface area contributed by atoms with Crippen molar-refractivity contribution in [1.29, 1.82) is 0 Å². The van der Waals surface area contributed by atoms with E-state index in [1.54, 1.807) is 0 Å². The quantitative estimate of drug-likeness (QED) is 0.909. The summed E-state index contributed by atoms with van der Waals surface area (Å²) in [6.07, 6.45) is 1.31. The number of likely N-dealkylation sites (N-methyl/N-ethyl adjacent to an activating group) is 1. The van der Waals surface area contributed by atoms with Gasteiger partial charge in [0.1, 0.15) is 0 Å². The molecular weight excluding hydrogens is 328 g/mol. The highest BCUT2D eigenvalue weighted by atomic mass is 79.9. The molecule has 0 bridgehead atoms. The van der Waals surface area contributed by atoms with Crippen molar-refractivity contribution in [3.05, 3.63) is 33.3 Å². The van der Waals surface area contributed by atoms with E-state index in [0.717, 1.165) is 22.5 Å². The largest absolute Gasteiger partial charge is 0.377 e. The van der Waals surface area contributed by atoms with E-state index in [-0.39, 0.29) is 12.1 Å². The van der Waals surface area contributed by atoms with Gasteiger partial charge in [-0.3, -0.25) is 4.90 Å². The van der Waals surface area contributed by atoms with E-state index in [2.05, 4.69) is 34.8 Å². The molecule has 2 rings (SSSR count). The Kier molecular flexibility index (Phi) is 5.26. The van der Waals surface area contributed by atoms with E-state index in [0.29, 0.717) is 12.6 Å². The first-order valence-electron chi connectivity index (χ1n) is 6.53. The number of hydrogen-bond acceptors (Lipinski definition) is 3. The molecule has 0 saturated carbocycles. The van der Waals surface area contributed by atoms with Crippen LogP contribution < -0.4 is 5.73 Å². The third-order valence-electron chi connectivity index (χ3n) is 3.90. The Balaban J connectivity index is 2.23. The molecule has 3 atom stereocenters. The number of hydrogen-bond donors (Lipinski definition) is 1. The summed E-state index contributed by atoms with van der Waals surface area (Å²) in [6, 6.07) is 6.45. The van der Waals surface area contributed by atoms with Crippen LogP contribution in [-0.4, -0.2) is 37.2 Å². The zero-order valence-electron chi connectivity index (χ0n) is 11.3. The molecule has 0 amide bonds. The van der Waals surface area contributed by atoms with Gasteiger partial charge in [-0.25, -0.2) is 0 Å². The van der Waals surface area contributed by atoms with Crippen molar-refractivity contribution in [2.45, 2.75) is 31.5 Å². The second-order valence-corrected chi connectivity index (χ2v) is 6.31. The van der Waals surface area contributed by atoms with E-state index in [4.69, 9.17) is 22.1 Å². The molecule has 1 heterocycles. The Hall–Kier alpha value is -0.130. The van der Waals surface area contributed by atoms with E-state index in [1.807, 2.05) is 18.2 Å². The summed E-state index contributed by atoms with van der Waals surface area (Å²) in [6.45, 7) is 3.52. The molecule has 3 unspecified atom stereocenters. The summed E-state index contributed by atoms with van der Waals surface area (Å²) in [7, 11) is 2.12. The third-order valence-corrected chi connectivity index (χ3v) is 4.82. The molecular formula is C14H20BrClN2O. The molecule has 1 saturated heterocycles. The first-order chi connectivity index (χ1) is 9.04. The SMILES string of the molecule is CC1OCCC1N(C)C(CN)c1ccc(Cl)cc1Br. The lowest BCUT2D eigenvalue weighted by Crippen LogP contribution is -2.42. The molecule has 19 heavy (non-hydrogen) atoms. The second kappa shape index (κ2) is 6.55. The van der Waals surface area contributed by atoms with E-state index in [9.17, 15) is 0 Å². The molecule has 0 aliphatic carbocycles. The highest BCUT2D eigenvalue weighted by molar-refractivity contribution is 9.10. The lowest BCUT2D eigenvalue weighted by atomic mass is 10.0. The molecule has 5 heteroatoms. The van der Waals surface area contributed by atoms with Crippen LogP contribution in [0.3, 0.4) is 0 Å². The van der Waals surface area contributed by atoms with Gasteiger partial charge < -0.3 is 10.5 Å². The van der Waals surface area contributed by atoms with E-state index in [1.165, 1.54) is 5.56 Å². The number of ether oxygens (including phenoxy) is 1. The molecule has 0 radical (unpaired) electrons. The van der Waals surface area contributed by atoms with Gasteiger partial charge in [0.25, 0.3) is 0 Å². The number of nitrogens with zero attached hydrogens (tertiary/aromatic N) is 1. The van der Waals surface area contributed by atoms with E-state index < -0.39 is 0 Å². The molecule has 1 aromatic rings. The fraction of sp³-hybridized carbons (Fsp3) is 0.571. The van der Waals surface area contributed by atoms with Crippen molar-refractivity contribution in [1.82, 2.24) is 4.90 Å². The zero-order valence-corrected chi connectivity index (χ0v) is 13.6. The van der Waals surface area contributed by atoms with Crippen molar-refractivity contribution >= 4 is 27.5 Å². The maximum absolute atomic E-state index is 6.00. The minimum absolute atomic E-state index is 0.167. The van der Waals surface area contributed by atoms with Gasteiger partial charge in [-0.05, 0) is 38.1 Å². The maximum Gasteiger partial charge on any atom is 0.0703 e. The van der Waals surface area contributed by atoms with Crippen LogP contribution in [0.25, 0.3) is 0 Å². The highest BCUT2D eigenvalue weighted by Gasteiger charge is 2.32. The van der Waals surface area contributed by atoms with Gasteiger partial charge in [0.2, 0.25) is 0 Å². The fourth-order valence-electron chi connectivity index (χ4n) is 2.77. The van der Waals surface area contributed by atoms with Crippen molar-refractivity contribution in [2.24, 2.45) is 5.73 Å². The Morgan fingerprint density at radius 1 is 1.58 bits per heavy atom. The van der Waals surface area contributed by atoms with Gasteiger partial charge in [-0.1, -0.05) is 33.6 Å². The summed E-state index contributed by atoms with van der Waals surface area (Å²) in [4.78, 5) is 2.33. The van der Waals surface area contributed by atoms with Gasteiger partial charge in [0.15, 0.2) is 0 Å². The number of halogens is 2. The molecule has 0 spiro atoms. The molecule has 1 aliphatic heterocycles. The van der Waals surface area contributed by atoms with Crippen molar-refractivity contribution in [2.75, 3.05) is 20.2 Å². The zero-order chi connectivity index (χ0) is 14.0. The van der Waals surface area contributed by atoms with Gasteiger partial charge in [-0.15, -0.1) is 0 Å². The van der Waals surface area contributed by atoms with Gasteiger partial charge in [-0.2, -0.15) is 0 Å². The molecule has 1 aromatic carbocycles. The van der Waals surface area contributed by atoms with Gasteiger partial charge in [0.05, 0.1) is 6.10 Å². The van der Waals surface area contributed by atoms with Crippen LogP contribution in [-0.2, 0) is 4.74 Å². The number of benzene rings is 1. The van der Waals surface area contributed by atoms with Crippen molar-refractivity contribution in [3.63, 3.8) is 0 Å². The summed E-state index contributed by atoms with van der Waals surface area (Å²) in [5.41, 5.74) is 7.16. The number of rotatable bonds is 4. The Morgan fingerprint density at radius 3 is 2.84 bits per heavy atom. The highest BCUT2D eigenvalue weighted by Crippen LogP contribution is 2.32. The minimum Gasteiger partial charge on any atom is -0.377 e. The second-order valence-electron chi connectivity index (χ2n) is 5.01. The maximum atomic E-state index is 6.00. The normalized spacial score (nSPS) is 24.9. The standard InChI is InChI=1S/C14H20BrClN2O/c1-9-13(5-6-19-9)18(2)14(8-17)11-4-3-10(16)7-12(11)15/h3-4,7,9,13-14H,5-6,8,17H2,1-2H3. The topological polar surface area (TPSA) is 38.5 Å². The number of nitrogens with two attached hydrogens (primary N) is 1. The summed E-state index contributed by atoms with van der Waals surface area (Å²) >= 11 is 9.58. The van der Waals surface area contributed by atoms with Crippen LogP contribution in [0.15, 0.2) is 22.7 Å². The monoisotopic (exact) mass is 346 g/mol. The van der Waals surface area contributed by atoms with Crippen LogP contribution in [0.2, 0.25) is 5.02 Å². The molecule has 1 fully saturated rings. The molecule has 3 nitrogen and oxygen atoms in total. The van der Waals surface area contributed by atoms with E-state index >= 15 is 0 Å². The predicted molar refractivity (Wildman–Crippen MR) is 82.5 cm³/mol. The summed E-state index contributed by atoms with van der Waals surface area (Å²) < 4.78 is 6.66. The lowest BCUT2D eigenvalue weighted by Gasteiger charge is -2.34. The molecule has 0 aromatic heterocycles. The first-order valence-corrected chi connectivity index (χ1v) is 7.70. The van der Waals surface area contributed by atoms with Crippen LogP contribution in [0.1, 0.15) is 24.9 Å². The smallest absolute Gasteiger partial charge is 0.0703 e. The van der Waals surface area contributed by atoms with Gasteiger partial charge >= 0.3 is 0 Å². The summed E-state index contributed by atoms with van der Waals surface area (Å²) in [5.74, 6) is 0. The van der Waals surface area contributed by atoms with Crippen LogP contribution in [0.4, 0.5) is 0 Å². The first kappa shape index (κ1) is 15.3. The molecule has 106 valence electrons. The minimum atomic E-state index is 0.167.